The molecule has 3 N–H and O–H groups in total. The summed E-state index contributed by atoms with van der Waals surface area (Å²) in [6, 6.07) is 4.74. The maximum Gasteiger partial charge on any atom is 0.319 e. The third-order valence-electron chi connectivity index (χ3n) is 5.01. The van der Waals surface area contributed by atoms with Crippen molar-refractivity contribution in [2.75, 3.05) is 25.0 Å². The first-order valence-electron chi connectivity index (χ1n) is 10.5. The number of benzene rings is 1. The number of halogens is 1. The molecule has 2 rings (SSSR count). The summed E-state index contributed by atoms with van der Waals surface area (Å²) in [5.41, 5.74) is 0.503. The lowest BCUT2D eigenvalue weighted by atomic mass is 9.81. The number of carbonyl (C=O) groups excluding carboxylic acids is 1. The van der Waals surface area contributed by atoms with E-state index in [9.17, 15) is 9.18 Å². The molecular formula is C22H36FN3O2. The van der Waals surface area contributed by atoms with Gasteiger partial charge in [-0.25, -0.2) is 9.18 Å². The van der Waals surface area contributed by atoms with Gasteiger partial charge in [-0.15, -0.1) is 0 Å². The van der Waals surface area contributed by atoms with Crippen molar-refractivity contribution in [2.45, 2.75) is 65.8 Å². The molecule has 1 aromatic carbocycles. The highest BCUT2D eigenvalue weighted by Gasteiger charge is 2.25. The lowest BCUT2D eigenvalue weighted by Crippen LogP contribution is -2.40. The Bertz CT molecular complexity index is 631. The highest BCUT2D eigenvalue weighted by Crippen LogP contribution is 2.29. The lowest BCUT2D eigenvalue weighted by Gasteiger charge is -2.34. The standard InChI is InChI=1S/C22H36FN3O2/c1-5-24-21(27)26-20-9-8-18(14-19(20)23)28-12-6-7-16-10-11-25-17(13-16)15-22(2,3)4/h8-9,14,16-17,25H,5-7,10-13,15H2,1-4H3,(H2,24,26,27). The molecule has 5 nitrogen and oxygen atoms in total. The zero-order valence-corrected chi connectivity index (χ0v) is 17.7. The maximum atomic E-state index is 14.1. The molecule has 1 heterocycles. The number of urea groups is 1. The van der Waals surface area contributed by atoms with Crippen molar-refractivity contribution in [2.24, 2.45) is 11.3 Å². The molecule has 158 valence electrons. The van der Waals surface area contributed by atoms with E-state index < -0.39 is 11.8 Å². The van der Waals surface area contributed by atoms with E-state index >= 15 is 0 Å². The molecule has 0 bridgehead atoms. The van der Waals surface area contributed by atoms with E-state index in [0.717, 1.165) is 25.3 Å². The average molecular weight is 394 g/mol. The van der Waals surface area contributed by atoms with Crippen molar-refractivity contribution in [3.05, 3.63) is 24.0 Å². The van der Waals surface area contributed by atoms with Crippen LogP contribution in [0.15, 0.2) is 18.2 Å². The van der Waals surface area contributed by atoms with Gasteiger partial charge in [0.2, 0.25) is 0 Å². The van der Waals surface area contributed by atoms with Gasteiger partial charge in [0.15, 0.2) is 0 Å². The first-order valence-corrected chi connectivity index (χ1v) is 10.5. The number of anilines is 1. The van der Waals surface area contributed by atoms with E-state index in [1.165, 1.54) is 31.4 Å². The predicted octanol–water partition coefficient (Wildman–Crippen LogP) is 4.93. The topological polar surface area (TPSA) is 62.4 Å². The minimum atomic E-state index is -0.493. The van der Waals surface area contributed by atoms with Crippen LogP contribution >= 0.6 is 0 Å². The Morgan fingerprint density at radius 3 is 2.82 bits per heavy atom. The Balaban J connectivity index is 1.71. The fourth-order valence-corrected chi connectivity index (χ4v) is 3.83. The van der Waals surface area contributed by atoms with E-state index in [-0.39, 0.29) is 5.69 Å². The second-order valence-corrected chi connectivity index (χ2v) is 8.92. The van der Waals surface area contributed by atoms with Gasteiger partial charge in [0.05, 0.1) is 12.3 Å². The molecule has 1 aliphatic rings. The molecule has 28 heavy (non-hydrogen) atoms. The number of rotatable bonds is 8. The van der Waals surface area contributed by atoms with Gasteiger partial charge in [0.25, 0.3) is 0 Å². The monoisotopic (exact) mass is 393 g/mol. The van der Waals surface area contributed by atoms with Crippen LogP contribution in [0, 0.1) is 17.2 Å². The molecule has 0 aromatic heterocycles. The molecule has 2 amide bonds. The number of hydrogen-bond acceptors (Lipinski definition) is 3. The summed E-state index contributed by atoms with van der Waals surface area (Å²) in [5.74, 6) is 0.736. The van der Waals surface area contributed by atoms with Crippen molar-refractivity contribution in [3.8, 4) is 5.75 Å². The number of ether oxygens (including phenoxy) is 1. The Kier molecular flexibility index (Phi) is 8.55. The average Bonchev–Trinajstić information content (AvgIpc) is 2.60. The van der Waals surface area contributed by atoms with Crippen molar-refractivity contribution in [1.82, 2.24) is 10.6 Å². The van der Waals surface area contributed by atoms with Crippen LogP contribution in [0.4, 0.5) is 14.9 Å². The van der Waals surface area contributed by atoms with Gasteiger partial charge in [0.1, 0.15) is 11.6 Å². The molecule has 0 spiro atoms. The molecule has 2 atom stereocenters. The molecule has 1 saturated heterocycles. The Hall–Kier alpha value is -1.82. The van der Waals surface area contributed by atoms with Crippen molar-refractivity contribution in [3.63, 3.8) is 0 Å². The number of nitrogens with one attached hydrogen (secondary N) is 3. The number of piperidine rings is 1. The molecule has 1 fully saturated rings. The van der Waals surface area contributed by atoms with Crippen LogP contribution < -0.4 is 20.7 Å². The molecule has 0 radical (unpaired) electrons. The second kappa shape index (κ2) is 10.6. The summed E-state index contributed by atoms with van der Waals surface area (Å²) in [7, 11) is 0. The predicted molar refractivity (Wildman–Crippen MR) is 112 cm³/mol. The summed E-state index contributed by atoms with van der Waals surface area (Å²) in [6.07, 6.45) is 5.76. The first-order chi connectivity index (χ1) is 13.3. The molecule has 1 aliphatic heterocycles. The van der Waals surface area contributed by atoms with Crippen LogP contribution in [0.3, 0.4) is 0 Å². The van der Waals surface area contributed by atoms with E-state index in [4.69, 9.17) is 4.74 Å². The van der Waals surface area contributed by atoms with Gasteiger partial charge in [-0.05, 0) is 69.0 Å². The van der Waals surface area contributed by atoms with Crippen LogP contribution in [0.2, 0.25) is 0 Å². The largest absolute Gasteiger partial charge is 0.493 e. The minimum Gasteiger partial charge on any atom is -0.493 e. The molecule has 2 unspecified atom stereocenters. The Labute approximate surface area is 168 Å². The molecule has 0 saturated carbocycles. The summed E-state index contributed by atoms with van der Waals surface area (Å²) in [6.45, 7) is 10.9. The van der Waals surface area contributed by atoms with Gasteiger partial charge >= 0.3 is 6.03 Å². The lowest BCUT2D eigenvalue weighted by molar-refractivity contribution is 0.212. The maximum absolute atomic E-state index is 14.1. The summed E-state index contributed by atoms with van der Waals surface area (Å²) in [5, 5.41) is 8.70. The van der Waals surface area contributed by atoms with E-state index in [0.29, 0.717) is 30.4 Å². The van der Waals surface area contributed by atoms with Gasteiger partial charge in [0, 0.05) is 18.7 Å². The van der Waals surface area contributed by atoms with E-state index in [2.05, 4.69) is 36.7 Å². The fraction of sp³-hybridized carbons (Fsp3) is 0.682. The highest BCUT2D eigenvalue weighted by atomic mass is 19.1. The Morgan fingerprint density at radius 1 is 1.36 bits per heavy atom. The quantitative estimate of drug-likeness (QED) is 0.549. The van der Waals surface area contributed by atoms with E-state index in [1.54, 1.807) is 13.0 Å². The first kappa shape index (κ1) is 22.5. The third-order valence-corrected chi connectivity index (χ3v) is 5.01. The van der Waals surface area contributed by atoms with E-state index in [1.807, 2.05) is 0 Å². The zero-order chi connectivity index (χ0) is 20.6. The normalized spacial score (nSPS) is 19.9. The molecule has 6 heteroatoms. The molecular weight excluding hydrogens is 357 g/mol. The minimum absolute atomic E-state index is 0.151. The van der Waals surface area contributed by atoms with Crippen molar-refractivity contribution < 1.29 is 13.9 Å². The summed E-state index contributed by atoms with van der Waals surface area (Å²) >= 11 is 0. The van der Waals surface area contributed by atoms with Gasteiger partial charge < -0.3 is 20.7 Å². The second-order valence-electron chi connectivity index (χ2n) is 8.92. The number of hydrogen-bond donors (Lipinski definition) is 3. The molecule has 0 aliphatic carbocycles. The summed E-state index contributed by atoms with van der Waals surface area (Å²) in [4.78, 5) is 11.5. The fourth-order valence-electron chi connectivity index (χ4n) is 3.83. The smallest absolute Gasteiger partial charge is 0.319 e. The van der Waals surface area contributed by atoms with Crippen molar-refractivity contribution in [1.29, 1.82) is 0 Å². The molecule has 1 aromatic rings. The van der Waals surface area contributed by atoms with Crippen LogP contribution in [-0.2, 0) is 0 Å². The zero-order valence-electron chi connectivity index (χ0n) is 17.7. The number of amides is 2. The van der Waals surface area contributed by atoms with Crippen LogP contribution in [0.25, 0.3) is 0 Å². The number of carbonyl (C=O) groups is 1. The van der Waals surface area contributed by atoms with Crippen LogP contribution in [-0.4, -0.2) is 31.8 Å². The SMILES string of the molecule is CCNC(=O)Nc1ccc(OCCCC2CCNC(CC(C)(C)C)C2)cc1F. The van der Waals surface area contributed by atoms with Gasteiger partial charge in [-0.2, -0.15) is 0 Å². The highest BCUT2D eigenvalue weighted by molar-refractivity contribution is 5.89. The summed E-state index contributed by atoms with van der Waals surface area (Å²) < 4.78 is 19.8. The van der Waals surface area contributed by atoms with Crippen LogP contribution in [0.1, 0.15) is 59.8 Å². The van der Waals surface area contributed by atoms with Gasteiger partial charge in [-0.3, -0.25) is 0 Å². The van der Waals surface area contributed by atoms with Crippen LogP contribution in [0.5, 0.6) is 5.75 Å². The Morgan fingerprint density at radius 2 is 2.14 bits per heavy atom. The van der Waals surface area contributed by atoms with Crippen molar-refractivity contribution >= 4 is 11.7 Å². The van der Waals surface area contributed by atoms with Gasteiger partial charge in [-0.1, -0.05) is 20.8 Å². The third kappa shape index (κ3) is 8.05.